The van der Waals surface area contributed by atoms with Crippen LogP contribution >= 0.6 is 0 Å². The van der Waals surface area contributed by atoms with Gasteiger partial charge in [-0.1, -0.05) is 0 Å². The molecule has 1 atom stereocenters. The van der Waals surface area contributed by atoms with Crippen LogP contribution in [0.2, 0.25) is 0 Å². The summed E-state index contributed by atoms with van der Waals surface area (Å²) >= 11 is 0. The maximum atomic E-state index is 10.6. The van der Waals surface area contributed by atoms with Gasteiger partial charge < -0.3 is 10.6 Å². The second-order valence-corrected chi connectivity index (χ2v) is 4.37. The summed E-state index contributed by atoms with van der Waals surface area (Å²) in [7, 11) is 0. The Bertz CT molecular complexity index is 435. The molecule has 17 heavy (non-hydrogen) atoms. The SMILES string of the molecule is C[C@H]1CCCCN1c1ccc([N+](=O)[O-])c(N)n1. The maximum absolute atomic E-state index is 10.6. The van der Waals surface area contributed by atoms with Gasteiger partial charge in [-0.05, 0) is 32.3 Å². The van der Waals surface area contributed by atoms with Gasteiger partial charge in [0.1, 0.15) is 5.82 Å². The van der Waals surface area contributed by atoms with Gasteiger partial charge >= 0.3 is 5.69 Å². The van der Waals surface area contributed by atoms with Crippen LogP contribution < -0.4 is 10.6 Å². The normalized spacial score (nSPS) is 20.3. The van der Waals surface area contributed by atoms with E-state index in [2.05, 4.69) is 16.8 Å². The second-order valence-electron chi connectivity index (χ2n) is 4.37. The number of hydrogen-bond donors (Lipinski definition) is 1. The molecular formula is C11H16N4O2. The van der Waals surface area contributed by atoms with E-state index in [0.29, 0.717) is 6.04 Å². The molecule has 6 nitrogen and oxygen atoms in total. The van der Waals surface area contributed by atoms with Gasteiger partial charge in [-0.15, -0.1) is 0 Å². The van der Waals surface area contributed by atoms with E-state index in [9.17, 15) is 10.1 Å². The van der Waals surface area contributed by atoms with Gasteiger partial charge in [0.25, 0.3) is 0 Å². The van der Waals surface area contributed by atoms with Crippen LogP contribution in [-0.4, -0.2) is 22.5 Å². The first kappa shape index (κ1) is 11.6. The molecule has 1 saturated heterocycles. The Hall–Kier alpha value is -1.85. The summed E-state index contributed by atoms with van der Waals surface area (Å²) in [5.74, 6) is 0.727. The van der Waals surface area contributed by atoms with Crippen LogP contribution in [0.3, 0.4) is 0 Å². The lowest BCUT2D eigenvalue weighted by molar-refractivity contribution is -0.384. The van der Waals surface area contributed by atoms with Crippen molar-refractivity contribution in [3.8, 4) is 0 Å². The van der Waals surface area contributed by atoms with Crippen LogP contribution in [0.15, 0.2) is 12.1 Å². The molecule has 92 valence electrons. The Morgan fingerprint density at radius 2 is 2.29 bits per heavy atom. The van der Waals surface area contributed by atoms with Crippen molar-refractivity contribution in [3.63, 3.8) is 0 Å². The molecular weight excluding hydrogens is 220 g/mol. The number of nitrogens with zero attached hydrogens (tertiary/aromatic N) is 3. The number of nitrogen functional groups attached to an aromatic ring is 1. The molecule has 0 aliphatic carbocycles. The lowest BCUT2D eigenvalue weighted by atomic mass is 10.0. The first-order valence-corrected chi connectivity index (χ1v) is 5.77. The van der Waals surface area contributed by atoms with E-state index in [-0.39, 0.29) is 11.5 Å². The highest BCUT2D eigenvalue weighted by atomic mass is 16.6. The van der Waals surface area contributed by atoms with Gasteiger partial charge in [-0.3, -0.25) is 10.1 Å². The Balaban J connectivity index is 2.27. The predicted molar refractivity (Wildman–Crippen MR) is 66.0 cm³/mol. The summed E-state index contributed by atoms with van der Waals surface area (Å²) in [5.41, 5.74) is 5.47. The molecule has 0 aromatic carbocycles. The highest BCUT2D eigenvalue weighted by Gasteiger charge is 2.21. The molecule has 0 spiro atoms. The molecule has 0 bridgehead atoms. The van der Waals surface area contributed by atoms with Gasteiger partial charge in [0, 0.05) is 18.7 Å². The summed E-state index contributed by atoms with van der Waals surface area (Å²) in [6.07, 6.45) is 3.47. The minimum Gasteiger partial charge on any atom is -0.378 e. The fourth-order valence-electron chi connectivity index (χ4n) is 2.21. The average molecular weight is 236 g/mol. The summed E-state index contributed by atoms with van der Waals surface area (Å²) in [6.45, 7) is 3.07. The summed E-state index contributed by atoms with van der Waals surface area (Å²) < 4.78 is 0. The van der Waals surface area contributed by atoms with E-state index in [4.69, 9.17) is 5.73 Å². The fourth-order valence-corrected chi connectivity index (χ4v) is 2.21. The number of hydrogen-bond acceptors (Lipinski definition) is 5. The molecule has 0 saturated carbocycles. The molecule has 0 unspecified atom stereocenters. The zero-order chi connectivity index (χ0) is 12.4. The van der Waals surface area contributed by atoms with Crippen LogP contribution in [0.1, 0.15) is 26.2 Å². The highest BCUT2D eigenvalue weighted by Crippen LogP contribution is 2.27. The molecule has 2 rings (SSSR count). The summed E-state index contributed by atoms with van der Waals surface area (Å²) in [5, 5.41) is 10.6. The molecule has 0 radical (unpaired) electrons. The lowest BCUT2D eigenvalue weighted by Crippen LogP contribution is -2.38. The maximum Gasteiger partial charge on any atom is 0.311 e. The summed E-state index contributed by atoms with van der Waals surface area (Å²) in [4.78, 5) is 16.4. The van der Waals surface area contributed by atoms with Crippen LogP contribution in [0, 0.1) is 10.1 Å². The topological polar surface area (TPSA) is 85.3 Å². The highest BCUT2D eigenvalue weighted by molar-refractivity contribution is 5.58. The van der Waals surface area contributed by atoms with Gasteiger partial charge in [0.05, 0.1) is 4.92 Å². The van der Waals surface area contributed by atoms with Crippen molar-refractivity contribution in [1.29, 1.82) is 0 Å². The number of rotatable bonds is 2. The smallest absolute Gasteiger partial charge is 0.311 e. The Kier molecular flexibility index (Phi) is 3.12. The zero-order valence-corrected chi connectivity index (χ0v) is 9.80. The van der Waals surface area contributed by atoms with Crippen molar-refractivity contribution in [1.82, 2.24) is 4.98 Å². The molecule has 2 N–H and O–H groups in total. The number of nitrogens with two attached hydrogens (primary N) is 1. The molecule has 1 aliphatic heterocycles. The van der Waals surface area contributed by atoms with Gasteiger partial charge in [0.15, 0.2) is 0 Å². The number of anilines is 2. The lowest BCUT2D eigenvalue weighted by Gasteiger charge is -2.34. The number of nitro groups is 1. The predicted octanol–water partition coefficient (Wildman–Crippen LogP) is 1.95. The Labute approximate surface area is 99.6 Å². The first-order valence-electron chi connectivity index (χ1n) is 5.77. The van der Waals surface area contributed by atoms with E-state index in [1.165, 1.54) is 12.5 Å². The quantitative estimate of drug-likeness (QED) is 0.626. The summed E-state index contributed by atoms with van der Waals surface area (Å²) in [6, 6.07) is 3.52. The third kappa shape index (κ3) is 2.30. The second kappa shape index (κ2) is 4.57. The van der Waals surface area contributed by atoms with E-state index >= 15 is 0 Å². The van der Waals surface area contributed by atoms with Crippen molar-refractivity contribution in [2.45, 2.75) is 32.2 Å². The van der Waals surface area contributed by atoms with E-state index in [1.807, 2.05) is 0 Å². The van der Waals surface area contributed by atoms with Gasteiger partial charge in [-0.2, -0.15) is 0 Å². The molecule has 6 heteroatoms. The fraction of sp³-hybridized carbons (Fsp3) is 0.545. The molecule has 1 aliphatic rings. The molecule has 1 aromatic heterocycles. The van der Waals surface area contributed by atoms with Crippen LogP contribution in [0.4, 0.5) is 17.3 Å². The molecule has 1 fully saturated rings. The molecule has 1 aromatic rings. The van der Waals surface area contributed by atoms with Gasteiger partial charge in [-0.25, -0.2) is 4.98 Å². The van der Waals surface area contributed by atoms with Crippen molar-refractivity contribution >= 4 is 17.3 Å². The Morgan fingerprint density at radius 3 is 2.88 bits per heavy atom. The first-order chi connectivity index (χ1) is 8.09. The van der Waals surface area contributed by atoms with E-state index in [0.717, 1.165) is 25.2 Å². The van der Waals surface area contributed by atoms with Crippen molar-refractivity contribution in [2.75, 3.05) is 17.2 Å². The minimum atomic E-state index is -0.508. The number of aromatic nitrogens is 1. The standard InChI is InChI=1S/C11H16N4O2/c1-8-4-2-3-7-14(8)10-6-5-9(15(16)17)11(12)13-10/h5-6,8H,2-4,7H2,1H3,(H2,12,13)/t8-/m0/s1. The van der Waals surface area contributed by atoms with E-state index in [1.54, 1.807) is 6.07 Å². The number of piperidine rings is 1. The van der Waals surface area contributed by atoms with Crippen molar-refractivity contribution < 1.29 is 4.92 Å². The zero-order valence-electron chi connectivity index (χ0n) is 9.80. The minimum absolute atomic E-state index is 0.00901. The van der Waals surface area contributed by atoms with Gasteiger partial charge in [0.2, 0.25) is 5.82 Å². The van der Waals surface area contributed by atoms with Crippen molar-refractivity contribution in [3.05, 3.63) is 22.2 Å². The Morgan fingerprint density at radius 1 is 1.53 bits per heavy atom. The third-order valence-corrected chi connectivity index (χ3v) is 3.18. The van der Waals surface area contributed by atoms with Crippen LogP contribution in [0.25, 0.3) is 0 Å². The average Bonchev–Trinajstić information content (AvgIpc) is 2.29. The van der Waals surface area contributed by atoms with Crippen LogP contribution in [0.5, 0.6) is 0 Å². The van der Waals surface area contributed by atoms with Crippen LogP contribution in [-0.2, 0) is 0 Å². The molecule has 2 heterocycles. The van der Waals surface area contributed by atoms with E-state index < -0.39 is 4.92 Å². The monoisotopic (exact) mass is 236 g/mol. The largest absolute Gasteiger partial charge is 0.378 e. The number of pyridine rings is 1. The molecule has 0 amide bonds. The van der Waals surface area contributed by atoms with Crippen molar-refractivity contribution in [2.24, 2.45) is 0 Å². The third-order valence-electron chi connectivity index (χ3n) is 3.18.